The smallest absolute Gasteiger partial charge is 0.338 e. The van der Waals surface area contributed by atoms with Crippen LogP contribution in [0.1, 0.15) is 52.0 Å². The lowest BCUT2D eigenvalue weighted by atomic mass is 9.95. The van der Waals surface area contributed by atoms with Crippen molar-refractivity contribution in [3.05, 3.63) is 90.7 Å². The van der Waals surface area contributed by atoms with Crippen LogP contribution in [0.4, 0.5) is 0 Å². The molecule has 0 saturated heterocycles. The van der Waals surface area contributed by atoms with E-state index in [1.165, 1.54) is 6.26 Å². The summed E-state index contributed by atoms with van der Waals surface area (Å²) >= 11 is 0. The molecule has 32 heavy (non-hydrogen) atoms. The monoisotopic (exact) mass is 436 g/mol. The van der Waals surface area contributed by atoms with E-state index in [0.717, 1.165) is 5.56 Å². The van der Waals surface area contributed by atoms with Crippen molar-refractivity contribution >= 4 is 11.9 Å². The van der Waals surface area contributed by atoms with Crippen molar-refractivity contribution in [2.24, 2.45) is 0 Å². The fourth-order valence-electron chi connectivity index (χ4n) is 3.44. The van der Waals surface area contributed by atoms with Gasteiger partial charge in [0.2, 0.25) is 0 Å². The number of carbonyl (C=O) groups is 2. The molecule has 1 fully saturated rings. The maximum Gasteiger partial charge on any atom is 0.338 e. The van der Waals surface area contributed by atoms with E-state index in [1.54, 1.807) is 42.5 Å². The van der Waals surface area contributed by atoms with Gasteiger partial charge in [-0.05, 0) is 67.6 Å². The van der Waals surface area contributed by atoms with Gasteiger partial charge in [-0.3, -0.25) is 0 Å². The van der Waals surface area contributed by atoms with E-state index in [9.17, 15) is 9.59 Å². The Hall–Kier alpha value is -3.54. The van der Waals surface area contributed by atoms with Crippen molar-refractivity contribution in [3.8, 4) is 5.75 Å². The van der Waals surface area contributed by atoms with Gasteiger partial charge in [0.05, 0.1) is 17.4 Å². The van der Waals surface area contributed by atoms with Gasteiger partial charge in [-0.1, -0.05) is 31.4 Å². The van der Waals surface area contributed by atoms with Gasteiger partial charge in [0, 0.05) is 0 Å². The third-order valence-electron chi connectivity index (χ3n) is 5.18. The molecule has 2 aromatic rings. The topological polar surface area (TPSA) is 71.1 Å². The van der Waals surface area contributed by atoms with E-state index in [0.29, 0.717) is 55.8 Å². The zero-order valence-corrected chi connectivity index (χ0v) is 18.0. The molecule has 0 bridgehead atoms. The fourth-order valence-corrected chi connectivity index (χ4v) is 3.44. The zero-order chi connectivity index (χ0) is 22.8. The van der Waals surface area contributed by atoms with Crippen LogP contribution in [0.25, 0.3) is 0 Å². The summed E-state index contributed by atoms with van der Waals surface area (Å²) in [6.07, 6.45) is 5.30. The van der Waals surface area contributed by atoms with E-state index in [2.05, 4.69) is 13.2 Å². The molecule has 0 unspecified atom stereocenters. The van der Waals surface area contributed by atoms with Gasteiger partial charge in [-0.15, -0.1) is 0 Å². The highest BCUT2D eigenvalue weighted by Crippen LogP contribution is 2.25. The normalized spacial score (nSPS) is 17.6. The molecule has 168 valence electrons. The molecule has 2 aromatic carbocycles. The number of esters is 2. The molecule has 0 N–H and O–H groups in total. The summed E-state index contributed by atoms with van der Waals surface area (Å²) in [5.41, 5.74) is 1.93. The molecule has 6 heteroatoms. The average Bonchev–Trinajstić information content (AvgIpc) is 2.83. The first-order chi connectivity index (χ1) is 15.6. The standard InChI is InChI=1S/C26H28O6/c1-3-17-30-22-11-9-21(10-12-22)26(28)32-24-15-13-23(14-16-24)31-25(27)20-7-5-19(6-8-20)18-29-4-2/h3-12,23-24H,1-2,13-18H2. The first kappa shape index (κ1) is 23.1. The lowest BCUT2D eigenvalue weighted by Gasteiger charge is -2.28. The Labute approximate surface area is 188 Å². The molecule has 0 amide bonds. The van der Waals surface area contributed by atoms with Crippen molar-refractivity contribution < 1.29 is 28.5 Å². The van der Waals surface area contributed by atoms with E-state index in [1.807, 2.05) is 12.1 Å². The number of rotatable bonds is 10. The highest BCUT2D eigenvalue weighted by Gasteiger charge is 2.27. The molecule has 0 aliphatic heterocycles. The number of hydrogen-bond acceptors (Lipinski definition) is 6. The Morgan fingerprint density at radius 2 is 1.31 bits per heavy atom. The molecule has 0 heterocycles. The van der Waals surface area contributed by atoms with Crippen LogP contribution in [0.5, 0.6) is 5.75 Å². The minimum Gasteiger partial charge on any atom is -0.497 e. The van der Waals surface area contributed by atoms with Gasteiger partial charge in [0.25, 0.3) is 0 Å². The summed E-state index contributed by atoms with van der Waals surface area (Å²) in [4.78, 5) is 24.8. The lowest BCUT2D eigenvalue weighted by Crippen LogP contribution is -2.29. The third-order valence-corrected chi connectivity index (χ3v) is 5.18. The molecule has 3 rings (SSSR count). The summed E-state index contributed by atoms with van der Waals surface area (Å²) in [6, 6.07) is 13.9. The lowest BCUT2D eigenvalue weighted by molar-refractivity contribution is -0.0108. The summed E-state index contributed by atoms with van der Waals surface area (Å²) in [7, 11) is 0. The Balaban J connectivity index is 1.42. The first-order valence-electron chi connectivity index (χ1n) is 10.7. The minimum atomic E-state index is -0.360. The van der Waals surface area contributed by atoms with Crippen LogP contribution in [0.3, 0.4) is 0 Å². The van der Waals surface area contributed by atoms with E-state index in [4.69, 9.17) is 18.9 Å². The Morgan fingerprint density at radius 1 is 0.812 bits per heavy atom. The van der Waals surface area contributed by atoms with Crippen molar-refractivity contribution in [2.45, 2.75) is 44.5 Å². The van der Waals surface area contributed by atoms with Gasteiger partial charge < -0.3 is 18.9 Å². The quantitative estimate of drug-likeness (QED) is 0.288. The number of hydrogen-bond donors (Lipinski definition) is 0. The van der Waals surface area contributed by atoms with Crippen LogP contribution < -0.4 is 4.74 Å². The Morgan fingerprint density at radius 3 is 1.78 bits per heavy atom. The molecule has 6 nitrogen and oxygen atoms in total. The average molecular weight is 437 g/mol. The van der Waals surface area contributed by atoms with Crippen molar-refractivity contribution in [1.82, 2.24) is 0 Å². The Bertz CT molecular complexity index is 831. The van der Waals surface area contributed by atoms with Gasteiger partial charge >= 0.3 is 11.9 Å². The second-order valence-electron chi connectivity index (χ2n) is 7.51. The van der Waals surface area contributed by atoms with Gasteiger partial charge in [-0.25, -0.2) is 9.59 Å². The van der Waals surface area contributed by atoms with E-state index in [-0.39, 0.29) is 24.1 Å². The van der Waals surface area contributed by atoms with Crippen molar-refractivity contribution in [3.63, 3.8) is 0 Å². The number of ether oxygens (including phenoxy) is 4. The van der Waals surface area contributed by atoms with Gasteiger partial charge in [0.15, 0.2) is 0 Å². The molecule has 1 aliphatic rings. The predicted molar refractivity (Wildman–Crippen MR) is 120 cm³/mol. The zero-order valence-electron chi connectivity index (χ0n) is 18.0. The van der Waals surface area contributed by atoms with Crippen LogP contribution in [0.2, 0.25) is 0 Å². The summed E-state index contributed by atoms with van der Waals surface area (Å²) < 4.78 is 21.8. The SMILES string of the molecule is C=CCOc1ccc(C(=O)OC2CCC(OC(=O)c3ccc(COC=C)cc3)CC2)cc1. The summed E-state index contributed by atoms with van der Waals surface area (Å²) in [6.45, 7) is 7.93. The largest absolute Gasteiger partial charge is 0.497 e. The van der Waals surface area contributed by atoms with Crippen LogP contribution in [0, 0.1) is 0 Å². The molecule has 1 aliphatic carbocycles. The van der Waals surface area contributed by atoms with Crippen LogP contribution in [-0.4, -0.2) is 30.8 Å². The maximum absolute atomic E-state index is 12.4. The van der Waals surface area contributed by atoms with Crippen molar-refractivity contribution in [1.29, 1.82) is 0 Å². The molecular weight excluding hydrogens is 408 g/mol. The second kappa shape index (κ2) is 11.7. The maximum atomic E-state index is 12.4. The first-order valence-corrected chi connectivity index (χ1v) is 10.7. The minimum absolute atomic E-state index is 0.178. The fraction of sp³-hybridized carbons (Fsp3) is 0.308. The number of carbonyl (C=O) groups excluding carboxylic acids is 2. The third kappa shape index (κ3) is 6.74. The molecule has 0 radical (unpaired) electrons. The van der Waals surface area contributed by atoms with Crippen LogP contribution in [-0.2, 0) is 20.8 Å². The predicted octanol–water partition coefficient (Wildman–Crippen LogP) is 5.24. The van der Waals surface area contributed by atoms with Crippen LogP contribution in [0.15, 0.2) is 74.0 Å². The van der Waals surface area contributed by atoms with Crippen LogP contribution >= 0.6 is 0 Å². The second-order valence-corrected chi connectivity index (χ2v) is 7.51. The highest BCUT2D eigenvalue weighted by atomic mass is 16.6. The molecule has 0 aromatic heterocycles. The molecule has 0 spiro atoms. The molecule has 0 atom stereocenters. The number of benzene rings is 2. The summed E-state index contributed by atoms with van der Waals surface area (Å²) in [5, 5.41) is 0. The van der Waals surface area contributed by atoms with E-state index < -0.39 is 0 Å². The molecular formula is C26H28O6. The summed E-state index contributed by atoms with van der Waals surface area (Å²) in [5.74, 6) is -0.0369. The van der Waals surface area contributed by atoms with E-state index >= 15 is 0 Å². The highest BCUT2D eigenvalue weighted by molar-refractivity contribution is 5.90. The Kier molecular flexibility index (Phi) is 8.49. The molecule has 1 saturated carbocycles. The van der Waals surface area contributed by atoms with Gasteiger partial charge in [0.1, 0.15) is 31.2 Å². The van der Waals surface area contributed by atoms with Gasteiger partial charge in [-0.2, -0.15) is 0 Å². The van der Waals surface area contributed by atoms with Crippen molar-refractivity contribution in [2.75, 3.05) is 6.61 Å².